The highest BCUT2D eigenvalue weighted by atomic mass is 16.5. The first kappa shape index (κ1) is 16.2. The van der Waals surface area contributed by atoms with Gasteiger partial charge in [-0.05, 0) is 24.5 Å². The first-order chi connectivity index (χ1) is 10.5. The number of benzene rings is 1. The van der Waals surface area contributed by atoms with Crippen molar-refractivity contribution in [2.45, 2.75) is 33.3 Å². The van der Waals surface area contributed by atoms with Gasteiger partial charge in [0.25, 0.3) is 5.91 Å². The molecule has 2 aromatic rings. The Morgan fingerprint density at radius 3 is 2.82 bits per heavy atom. The zero-order valence-corrected chi connectivity index (χ0v) is 13.0. The Kier molecular flexibility index (Phi) is 5.27. The number of amides is 1. The van der Waals surface area contributed by atoms with E-state index < -0.39 is 6.10 Å². The van der Waals surface area contributed by atoms with Crippen LogP contribution in [0.3, 0.4) is 0 Å². The predicted molar refractivity (Wildman–Crippen MR) is 82.3 cm³/mol. The van der Waals surface area contributed by atoms with Crippen LogP contribution < -0.4 is 5.32 Å². The molecule has 6 heteroatoms. The van der Waals surface area contributed by atoms with E-state index in [4.69, 9.17) is 4.52 Å². The number of aliphatic hydroxyl groups excluding tert-OH is 1. The number of rotatable bonds is 6. The van der Waals surface area contributed by atoms with Crippen LogP contribution >= 0.6 is 0 Å². The third-order valence-electron chi connectivity index (χ3n) is 3.15. The van der Waals surface area contributed by atoms with Crippen molar-refractivity contribution in [3.8, 4) is 11.4 Å². The topological polar surface area (TPSA) is 88.2 Å². The summed E-state index contributed by atoms with van der Waals surface area (Å²) >= 11 is 0. The van der Waals surface area contributed by atoms with E-state index in [1.165, 1.54) is 0 Å². The summed E-state index contributed by atoms with van der Waals surface area (Å²) in [5.41, 5.74) is 1.21. The summed E-state index contributed by atoms with van der Waals surface area (Å²) in [6.45, 7) is 6.01. The van der Waals surface area contributed by atoms with Gasteiger partial charge in [-0.1, -0.05) is 31.1 Å². The van der Waals surface area contributed by atoms with Crippen molar-refractivity contribution in [3.63, 3.8) is 0 Å². The molecule has 0 saturated heterocycles. The molecule has 0 aliphatic heterocycles. The second kappa shape index (κ2) is 7.17. The van der Waals surface area contributed by atoms with E-state index in [0.717, 1.165) is 0 Å². The number of hydrogen-bond acceptors (Lipinski definition) is 5. The number of carbonyl (C=O) groups excluding carboxylic acids is 1. The van der Waals surface area contributed by atoms with Crippen molar-refractivity contribution in [1.29, 1.82) is 0 Å². The van der Waals surface area contributed by atoms with Gasteiger partial charge < -0.3 is 14.9 Å². The summed E-state index contributed by atoms with van der Waals surface area (Å²) < 4.78 is 4.94. The van der Waals surface area contributed by atoms with Gasteiger partial charge in [0.05, 0.1) is 6.10 Å². The van der Waals surface area contributed by atoms with Gasteiger partial charge in [-0.2, -0.15) is 4.98 Å². The molecule has 0 fully saturated rings. The zero-order valence-electron chi connectivity index (χ0n) is 13.0. The Balaban J connectivity index is 2.01. The second-order valence-electron chi connectivity index (χ2n) is 5.71. The molecule has 22 heavy (non-hydrogen) atoms. The number of aryl methyl sites for hydroxylation is 1. The highest BCUT2D eigenvalue weighted by molar-refractivity contribution is 5.95. The molecule has 0 aliphatic carbocycles. The fourth-order valence-corrected chi connectivity index (χ4v) is 2.16. The molecule has 0 bridgehead atoms. The minimum atomic E-state index is -0.535. The molecule has 2 rings (SSSR count). The number of nitrogens with zero attached hydrogens (tertiary/aromatic N) is 2. The summed E-state index contributed by atoms with van der Waals surface area (Å²) in [6.07, 6.45) is 0.120. The molecule has 0 radical (unpaired) electrons. The number of aliphatic hydroxyl groups is 1. The largest absolute Gasteiger partial charge is 0.391 e. The van der Waals surface area contributed by atoms with Gasteiger partial charge in [-0.15, -0.1) is 0 Å². The molecular formula is C16H21N3O3. The lowest BCUT2D eigenvalue weighted by Gasteiger charge is -2.14. The highest BCUT2D eigenvalue weighted by Gasteiger charge is 2.12. The van der Waals surface area contributed by atoms with Gasteiger partial charge in [0.1, 0.15) is 0 Å². The lowest BCUT2D eigenvalue weighted by molar-refractivity contribution is 0.0900. The first-order valence-electron chi connectivity index (χ1n) is 7.32. The molecule has 1 atom stereocenters. The van der Waals surface area contributed by atoms with E-state index in [0.29, 0.717) is 35.2 Å². The Bertz CT molecular complexity index is 637. The van der Waals surface area contributed by atoms with Crippen molar-refractivity contribution >= 4 is 5.91 Å². The van der Waals surface area contributed by atoms with E-state index in [2.05, 4.69) is 15.5 Å². The van der Waals surface area contributed by atoms with Crippen molar-refractivity contribution in [2.75, 3.05) is 6.54 Å². The van der Waals surface area contributed by atoms with Gasteiger partial charge in [0.15, 0.2) is 0 Å². The van der Waals surface area contributed by atoms with Crippen molar-refractivity contribution in [2.24, 2.45) is 5.92 Å². The Morgan fingerprint density at radius 1 is 1.41 bits per heavy atom. The fourth-order valence-electron chi connectivity index (χ4n) is 2.16. The van der Waals surface area contributed by atoms with E-state index in [1.807, 2.05) is 19.9 Å². The van der Waals surface area contributed by atoms with Crippen LogP contribution in [-0.4, -0.2) is 33.8 Å². The van der Waals surface area contributed by atoms with E-state index in [1.54, 1.807) is 25.1 Å². The monoisotopic (exact) mass is 303 g/mol. The summed E-state index contributed by atoms with van der Waals surface area (Å²) in [4.78, 5) is 16.3. The molecule has 1 amide bonds. The van der Waals surface area contributed by atoms with Crippen molar-refractivity contribution in [3.05, 3.63) is 35.7 Å². The number of hydrogen-bond donors (Lipinski definition) is 2. The summed E-state index contributed by atoms with van der Waals surface area (Å²) in [5, 5.41) is 16.4. The van der Waals surface area contributed by atoms with E-state index >= 15 is 0 Å². The Morgan fingerprint density at radius 2 is 2.18 bits per heavy atom. The van der Waals surface area contributed by atoms with E-state index in [-0.39, 0.29) is 12.5 Å². The molecule has 6 nitrogen and oxygen atoms in total. The lowest BCUT2D eigenvalue weighted by atomic mass is 10.1. The lowest BCUT2D eigenvalue weighted by Crippen LogP contribution is -2.32. The van der Waals surface area contributed by atoms with Crippen LogP contribution in [0.5, 0.6) is 0 Å². The number of nitrogens with one attached hydrogen (secondary N) is 1. The predicted octanol–water partition coefficient (Wildman–Crippen LogP) is 2.18. The van der Waals surface area contributed by atoms with Gasteiger partial charge in [-0.3, -0.25) is 4.79 Å². The Hall–Kier alpha value is -2.21. The van der Waals surface area contributed by atoms with Gasteiger partial charge in [0, 0.05) is 24.6 Å². The molecule has 1 aromatic heterocycles. The normalized spacial score (nSPS) is 12.4. The third-order valence-corrected chi connectivity index (χ3v) is 3.15. The van der Waals surface area contributed by atoms with Crippen LogP contribution in [0.2, 0.25) is 0 Å². The number of carbonyl (C=O) groups is 1. The fraction of sp³-hybridized carbons (Fsp3) is 0.438. The highest BCUT2D eigenvalue weighted by Crippen LogP contribution is 2.17. The van der Waals surface area contributed by atoms with Gasteiger partial charge in [0.2, 0.25) is 11.7 Å². The molecule has 1 heterocycles. The molecule has 2 N–H and O–H groups in total. The maximum Gasteiger partial charge on any atom is 0.251 e. The molecule has 0 spiro atoms. The van der Waals surface area contributed by atoms with Crippen LogP contribution in [0, 0.1) is 12.8 Å². The SMILES string of the molecule is Cc1nc(-c2cccc(C(=O)NCC(O)CC(C)C)c2)no1. The van der Waals surface area contributed by atoms with Crippen LogP contribution in [0.4, 0.5) is 0 Å². The summed E-state index contributed by atoms with van der Waals surface area (Å²) in [5.74, 6) is 1.08. The molecular weight excluding hydrogens is 282 g/mol. The minimum absolute atomic E-state index is 0.232. The minimum Gasteiger partial charge on any atom is -0.391 e. The Labute approximate surface area is 129 Å². The van der Waals surface area contributed by atoms with Crippen molar-refractivity contribution < 1.29 is 14.4 Å². The zero-order chi connectivity index (χ0) is 16.1. The molecule has 1 aromatic carbocycles. The summed E-state index contributed by atoms with van der Waals surface area (Å²) in [7, 11) is 0. The van der Waals surface area contributed by atoms with Crippen LogP contribution in [0.25, 0.3) is 11.4 Å². The van der Waals surface area contributed by atoms with Crippen LogP contribution in [-0.2, 0) is 0 Å². The molecule has 0 aliphatic rings. The smallest absolute Gasteiger partial charge is 0.251 e. The van der Waals surface area contributed by atoms with Gasteiger partial charge >= 0.3 is 0 Å². The summed E-state index contributed by atoms with van der Waals surface area (Å²) in [6, 6.07) is 6.99. The maximum absolute atomic E-state index is 12.1. The van der Waals surface area contributed by atoms with E-state index in [9.17, 15) is 9.90 Å². The molecule has 118 valence electrons. The first-order valence-corrected chi connectivity index (χ1v) is 7.32. The van der Waals surface area contributed by atoms with Crippen LogP contribution in [0.15, 0.2) is 28.8 Å². The standard InChI is InChI=1S/C16H21N3O3/c1-10(2)7-14(20)9-17-16(21)13-6-4-5-12(8-13)15-18-11(3)22-19-15/h4-6,8,10,14,20H,7,9H2,1-3H3,(H,17,21). The van der Waals surface area contributed by atoms with Crippen LogP contribution in [0.1, 0.15) is 36.5 Å². The van der Waals surface area contributed by atoms with Crippen molar-refractivity contribution in [1.82, 2.24) is 15.5 Å². The average Bonchev–Trinajstić information content (AvgIpc) is 2.91. The van der Waals surface area contributed by atoms with Gasteiger partial charge in [-0.25, -0.2) is 0 Å². The molecule has 0 saturated carbocycles. The third kappa shape index (κ3) is 4.39. The average molecular weight is 303 g/mol. The quantitative estimate of drug-likeness (QED) is 0.854. The molecule has 1 unspecified atom stereocenters. The number of aromatic nitrogens is 2. The second-order valence-corrected chi connectivity index (χ2v) is 5.71. The maximum atomic E-state index is 12.1.